The first-order valence-corrected chi connectivity index (χ1v) is 7.83. The molecule has 3 aromatic rings. The number of aliphatic hydroxyl groups is 1. The van der Waals surface area contributed by atoms with E-state index in [1.54, 1.807) is 6.92 Å². The van der Waals surface area contributed by atoms with Crippen LogP contribution in [0.15, 0.2) is 28.8 Å². The Morgan fingerprint density at radius 3 is 2.95 bits per heavy atom. The van der Waals surface area contributed by atoms with Gasteiger partial charge >= 0.3 is 0 Å². The van der Waals surface area contributed by atoms with E-state index < -0.39 is 6.10 Å². The van der Waals surface area contributed by atoms with Crippen molar-refractivity contribution in [1.82, 2.24) is 14.7 Å². The molecule has 0 fully saturated rings. The van der Waals surface area contributed by atoms with Crippen molar-refractivity contribution in [1.29, 1.82) is 0 Å². The van der Waals surface area contributed by atoms with Gasteiger partial charge in [0.1, 0.15) is 23.4 Å². The number of aliphatic hydroxyl groups excluding tert-OH is 1. The number of rotatable bonds is 3. The lowest BCUT2D eigenvalue weighted by Crippen LogP contribution is -2.10. The fourth-order valence-corrected chi connectivity index (χ4v) is 3.30. The minimum absolute atomic E-state index is 0.597. The van der Waals surface area contributed by atoms with E-state index >= 15 is 0 Å². The average Bonchev–Trinajstić information content (AvgIpc) is 3.10. The Morgan fingerprint density at radius 2 is 2.09 bits per heavy atom. The Balaban J connectivity index is 1.81. The second-order valence-electron chi connectivity index (χ2n) is 5.96. The molecule has 0 amide bonds. The van der Waals surface area contributed by atoms with Gasteiger partial charge in [0.15, 0.2) is 0 Å². The summed E-state index contributed by atoms with van der Waals surface area (Å²) in [6.45, 7) is 2.34. The predicted molar refractivity (Wildman–Crippen MR) is 82.6 cm³/mol. The van der Waals surface area contributed by atoms with Crippen LogP contribution in [0.5, 0.6) is 0 Å². The number of fused-ring (bicyclic) bond motifs is 2. The Bertz CT molecular complexity index is 817. The maximum atomic E-state index is 10.0. The summed E-state index contributed by atoms with van der Waals surface area (Å²) in [6.07, 6.45) is 3.76. The minimum Gasteiger partial charge on any atom is -0.385 e. The van der Waals surface area contributed by atoms with Crippen LogP contribution in [0.1, 0.15) is 48.7 Å². The van der Waals surface area contributed by atoms with Gasteiger partial charge in [0.05, 0.1) is 17.6 Å². The number of nitrogens with zero attached hydrogens (tertiary/aromatic N) is 3. The van der Waals surface area contributed by atoms with Gasteiger partial charge in [-0.15, -0.1) is 0 Å². The molecule has 0 spiro atoms. The summed E-state index contributed by atoms with van der Waals surface area (Å²) >= 11 is 0. The third-order valence-electron chi connectivity index (χ3n) is 4.40. The number of benzene rings is 1. The van der Waals surface area contributed by atoms with Crippen LogP contribution in [-0.2, 0) is 19.4 Å². The Kier molecular flexibility index (Phi) is 3.22. The van der Waals surface area contributed by atoms with Crippen LogP contribution in [0, 0.1) is 0 Å². The number of aromatic nitrogens is 3. The smallest absolute Gasteiger partial charge is 0.140 e. The minimum atomic E-state index is -0.616. The van der Waals surface area contributed by atoms with Crippen LogP contribution in [0.3, 0.4) is 0 Å². The summed E-state index contributed by atoms with van der Waals surface area (Å²) in [5.74, 6) is 1.71. The highest BCUT2D eigenvalue weighted by atomic mass is 16.5. The van der Waals surface area contributed by atoms with Crippen LogP contribution in [0.4, 0.5) is 0 Å². The summed E-state index contributed by atoms with van der Waals surface area (Å²) < 4.78 is 7.55. The SMILES string of the molecule is C[C@@H](O)c1nc2ccccc2n1Cc1noc2c1CCCC2. The van der Waals surface area contributed by atoms with Gasteiger partial charge in [-0.1, -0.05) is 17.3 Å². The normalized spacial score (nSPS) is 15.9. The predicted octanol–water partition coefficient (Wildman–Crippen LogP) is 3.00. The third kappa shape index (κ3) is 2.13. The first-order chi connectivity index (χ1) is 10.7. The largest absolute Gasteiger partial charge is 0.385 e. The molecule has 2 heterocycles. The molecule has 1 aliphatic rings. The quantitative estimate of drug-likeness (QED) is 0.807. The molecule has 1 atom stereocenters. The zero-order chi connectivity index (χ0) is 15.1. The van der Waals surface area contributed by atoms with Crippen molar-refractivity contribution in [3.8, 4) is 0 Å². The summed E-state index contributed by atoms with van der Waals surface area (Å²) in [7, 11) is 0. The molecule has 0 saturated heterocycles. The molecule has 114 valence electrons. The molecule has 5 heteroatoms. The molecule has 2 aromatic heterocycles. The molecule has 4 rings (SSSR count). The van der Waals surface area contributed by atoms with E-state index in [9.17, 15) is 5.11 Å². The molecule has 0 bridgehead atoms. The van der Waals surface area contributed by atoms with E-state index in [1.165, 1.54) is 18.4 Å². The van der Waals surface area contributed by atoms with E-state index in [4.69, 9.17) is 4.52 Å². The second-order valence-corrected chi connectivity index (χ2v) is 5.96. The fraction of sp³-hybridized carbons (Fsp3) is 0.412. The molecule has 0 aliphatic heterocycles. The number of para-hydroxylation sites is 2. The monoisotopic (exact) mass is 297 g/mol. The van der Waals surface area contributed by atoms with Gasteiger partial charge < -0.3 is 14.2 Å². The first-order valence-electron chi connectivity index (χ1n) is 7.83. The molecule has 0 saturated carbocycles. The molecule has 5 nitrogen and oxygen atoms in total. The van der Waals surface area contributed by atoms with Crippen molar-refractivity contribution < 1.29 is 9.63 Å². The van der Waals surface area contributed by atoms with Gasteiger partial charge in [0, 0.05) is 12.0 Å². The van der Waals surface area contributed by atoms with Crippen molar-refractivity contribution in [2.45, 2.75) is 45.3 Å². The van der Waals surface area contributed by atoms with E-state index in [1.807, 2.05) is 28.8 Å². The summed E-state index contributed by atoms with van der Waals surface area (Å²) in [6, 6.07) is 7.95. The molecular weight excluding hydrogens is 278 g/mol. The molecule has 1 aliphatic carbocycles. The van der Waals surface area contributed by atoms with E-state index in [0.29, 0.717) is 12.4 Å². The Labute approximate surface area is 128 Å². The Hall–Kier alpha value is -2.14. The van der Waals surface area contributed by atoms with Crippen LogP contribution >= 0.6 is 0 Å². The van der Waals surface area contributed by atoms with E-state index in [-0.39, 0.29) is 0 Å². The lowest BCUT2D eigenvalue weighted by atomic mass is 9.96. The highest BCUT2D eigenvalue weighted by Crippen LogP contribution is 2.27. The maximum absolute atomic E-state index is 10.0. The van der Waals surface area contributed by atoms with Crippen molar-refractivity contribution >= 4 is 11.0 Å². The van der Waals surface area contributed by atoms with Gasteiger partial charge in [0.2, 0.25) is 0 Å². The topological polar surface area (TPSA) is 64.1 Å². The number of imidazole rings is 1. The molecule has 0 unspecified atom stereocenters. The van der Waals surface area contributed by atoms with Crippen LogP contribution in [-0.4, -0.2) is 19.8 Å². The zero-order valence-electron chi connectivity index (χ0n) is 12.6. The van der Waals surface area contributed by atoms with Crippen LogP contribution in [0.2, 0.25) is 0 Å². The Morgan fingerprint density at radius 1 is 1.27 bits per heavy atom. The zero-order valence-corrected chi connectivity index (χ0v) is 12.6. The maximum Gasteiger partial charge on any atom is 0.140 e. The van der Waals surface area contributed by atoms with Gasteiger partial charge in [0.25, 0.3) is 0 Å². The standard InChI is InChI=1S/C17H19N3O2/c1-11(21)17-18-13-7-3-4-8-15(13)20(17)10-14-12-6-2-5-9-16(12)22-19-14/h3-4,7-8,11,21H,2,5-6,9-10H2,1H3/t11-/m1/s1. The summed E-state index contributed by atoms with van der Waals surface area (Å²) in [5.41, 5.74) is 4.14. The van der Waals surface area contributed by atoms with Crippen LogP contribution < -0.4 is 0 Å². The number of hydrogen-bond donors (Lipinski definition) is 1. The molecule has 0 radical (unpaired) electrons. The van der Waals surface area contributed by atoms with Crippen molar-refractivity contribution in [3.05, 3.63) is 47.1 Å². The van der Waals surface area contributed by atoms with Gasteiger partial charge in [-0.25, -0.2) is 4.98 Å². The van der Waals surface area contributed by atoms with Gasteiger partial charge in [-0.05, 0) is 38.3 Å². The van der Waals surface area contributed by atoms with Crippen molar-refractivity contribution in [3.63, 3.8) is 0 Å². The average molecular weight is 297 g/mol. The molecule has 1 aromatic carbocycles. The molecule has 22 heavy (non-hydrogen) atoms. The van der Waals surface area contributed by atoms with Gasteiger partial charge in [-0.3, -0.25) is 0 Å². The fourth-order valence-electron chi connectivity index (χ4n) is 3.30. The first kappa shape index (κ1) is 13.5. The van der Waals surface area contributed by atoms with Crippen LogP contribution in [0.25, 0.3) is 11.0 Å². The highest BCUT2D eigenvalue weighted by Gasteiger charge is 2.22. The second kappa shape index (κ2) is 5.25. The highest BCUT2D eigenvalue weighted by molar-refractivity contribution is 5.76. The van der Waals surface area contributed by atoms with Crippen molar-refractivity contribution in [2.24, 2.45) is 0 Å². The number of hydrogen-bond acceptors (Lipinski definition) is 4. The summed E-state index contributed by atoms with van der Waals surface area (Å²) in [4.78, 5) is 4.56. The van der Waals surface area contributed by atoms with Gasteiger partial charge in [-0.2, -0.15) is 0 Å². The summed E-state index contributed by atoms with van der Waals surface area (Å²) in [5, 5.41) is 14.3. The third-order valence-corrected chi connectivity index (χ3v) is 4.40. The van der Waals surface area contributed by atoms with E-state index in [0.717, 1.165) is 35.3 Å². The lowest BCUT2D eigenvalue weighted by Gasteiger charge is -2.12. The lowest BCUT2D eigenvalue weighted by molar-refractivity contribution is 0.185. The number of aryl methyl sites for hydroxylation is 1. The molecular formula is C17H19N3O2. The molecule has 1 N–H and O–H groups in total. The van der Waals surface area contributed by atoms with E-state index in [2.05, 4.69) is 10.1 Å². The van der Waals surface area contributed by atoms with Crippen molar-refractivity contribution in [2.75, 3.05) is 0 Å².